The van der Waals surface area contributed by atoms with E-state index in [-0.39, 0.29) is 41.1 Å². The third-order valence-electron chi connectivity index (χ3n) is 5.75. The number of esters is 2. The van der Waals surface area contributed by atoms with Crippen LogP contribution >= 0.6 is 23.2 Å². The average molecular weight is 544 g/mol. The summed E-state index contributed by atoms with van der Waals surface area (Å²) in [5.41, 5.74) is 1.96. The van der Waals surface area contributed by atoms with Gasteiger partial charge in [-0.25, -0.2) is 4.79 Å². The van der Waals surface area contributed by atoms with E-state index in [1.807, 2.05) is 18.2 Å². The number of methoxy groups -OCH3 is 1. The number of carbonyl (C=O) groups is 2. The maximum absolute atomic E-state index is 13.2. The first-order valence-electron chi connectivity index (χ1n) is 11.6. The molecule has 9 heteroatoms. The van der Waals surface area contributed by atoms with Crippen LogP contribution in [0.3, 0.4) is 0 Å². The van der Waals surface area contributed by atoms with Crippen molar-refractivity contribution in [2.75, 3.05) is 26.9 Å². The molecule has 0 bridgehead atoms. The fourth-order valence-corrected chi connectivity index (χ4v) is 4.50. The Hall–Kier alpha value is -3.15. The molecule has 1 aliphatic rings. The van der Waals surface area contributed by atoms with Gasteiger partial charge in [0.15, 0.2) is 0 Å². The quantitative estimate of drug-likeness (QED) is 0.288. The lowest BCUT2D eigenvalue weighted by atomic mass is 9.75. The zero-order valence-corrected chi connectivity index (χ0v) is 22.2. The number of benzene rings is 2. The second kappa shape index (κ2) is 13.4. The van der Waals surface area contributed by atoms with Crippen molar-refractivity contribution in [2.45, 2.75) is 25.9 Å². The molecule has 3 atom stereocenters. The Morgan fingerprint density at radius 3 is 2.54 bits per heavy atom. The third kappa shape index (κ3) is 6.79. The van der Waals surface area contributed by atoms with Gasteiger partial charge in [-0.15, -0.1) is 0 Å². The van der Waals surface area contributed by atoms with Gasteiger partial charge in [0.2, 0.25) is 0 Å². The largest absolute Gasteiger partial charge is 0.468 e. The van der Waals surface area contributed by atoms with Crippen LogP contribution in [0.15, 0.2) is 64.8 Å². The number of ether oxygens (including phenoxy) is 3. The minimum atomic E-state index is -0.954. The summed E-state index contributed by atoms with van der Waals surface area (Å²) < 4.78 is 16.1. The van der Waals surface area contributed by atoms with E-state index in [1.54, 1.807) is 44.2 Å². The summed E-state index contributed by atoms with van der Waals surface area (Å²) in [6, 6.07) is 14.0. The van der Waals surface area contributed by atoms with E-state index >= 15 is 0 Å². The molecule has 0 spiro atoms. The molecule has 2 aromatic carbocycles. The van der Waals surface area contributed by atoms with E-state index in [1.165, 1.54) is 7.11 Å². The predicted octanol–water partition coefficient (Wildman–Crippen LogP) is 4.91. The fourth-order valence-electron chi connectivity index (χ4n) is 4.08. The molecular weight excluding hydrogens is 517 g/mol. The van der Waals surface area contributed by atoms with E-state index in [0.29, 0.717) is 16.8 Å². The molecule has 0 radical (unpaired) electrons. The van der Waals surface area contributed by atoms with Gasteiger partial charge in [-0.1, -0.05) is 77.5 Å². The number of nitrogens with zero attached hydrogens (tertiary/aromatic N) is 1. The molecule has 2 aromatic rings. The molecular formula is C28H27Cl2NO6. The molecule has 0 aliphatic carbocycles. The van der Waals surface area contributed by atoms with Crippen molar-refractivity contribution in [1.29, 1.82) is 0 Å². The van der Waals surface area contributed by atoms with Gasteiger partial charge in [0.25, 0.3) is 0 Å². The molecule has 0 aromatic heterocycles. The number of aliphatic hydroxyl groups is 1. The number of aliphatic imine (C=N–C) groups is 1. The number of halogens is 2. The van der Waals surface area contributed by atoms with Gasteiger partial charge in [-0.3, -0.25) is 9.79 Å². The van der Waals surface area contributed by atoms with Crippen LogP contribution < -0.4 is 0 Å². The van der Waals surface area contributed by atoms with Crippen LogP contribution in [0.5, 0.6) is 0 Å². The van der Waals surface area contributed by atoms with Gasteiger partial charge in [-0.2, -0.15) is 0 Å². The normalized spacial score (nSPS) is 17.8. The first-order chi connectivity index (χ1) is 17.8. The Labute approximate surface area is 226 Å². The van der Waals surface area contributed by atoms with Crippen LogP contribution in [0.4, 0.5) is 0 Å². The van der Waals surface area contributed by atoms with Crippen molar-refractivity contribution in [2.24, 2.45) is 10.9 Å². The van der Waals surface area contributed by atoms with Crippen molar-refractivity contribution < 1.29 is 28.9 Å². The topological polar surface area (TPSA) is 94.4 Å². The molecule has 3 rings (SSSR count). The fraction of sp³-hybridized carbons (Fsp3) is 0.321. The molecule has 0 saturated carbocycles. The number of hydrogen-bond donors (Lipinski definition) is 1. The summed E-state index contributed by atoms with van der Waals surface area (Å²) in [7, 11) is 1.27. The Morgan fingerprint density at radius 2 is 1.86 bits per heavy atom. The molecule has 0 amide bonds. The second-order valence-electron chi connectivity index (χ2n) is 8.08. The molecule has 37 heavy (non-hydrogen) atoms. The monoisotopic (exact) mass is 543 g/mol. The number of rotatable bonds is 8. The van der Waals surface area contributed by atoms with E-state index in [4.69, 9.17) is 37.4 Å². The molecule has 7 nitrogen and oxygen atoms in total. The van der Waals surface area contributed by atoms with Crippen LogP contribution in [0.2, 0.25) is 10.0 Å². The van der Waals surface area contributed by atoms with Crippen LogP contribution in [0.1, 0.15) is 37.0 Å². The molecule has 0 fully saturated rings. The maximum atomic E-state index is 13.2. The SMILES string of the molecule is CCOC(=O)C1=C(COCC#CC(O)c2ccccc2)N=C(C)C(C(=O)OC)C1c1cccc(Cl)c1Cl. The lowest BCUT2D eigenvalue weighted by Crippen LogP contribution is -2.37. The molecule has 1 heterocycles. The summed E-state index contributed by atoms with van der Waals surface area (Å²) in [6.07, 6.45) is -0.954. The smallest absolute Gasteiger partial charge is 0.336 e. The molecule has 3 unspecified atom stereocenters. The van der Waals surface area contributed by atoms with Gasteiger partial charge >= 0.3 is 11.9 Å². The standard InChI is InChI=1S/C28H27Cl2NO6/c1-4-37-28(34)25-21(16-36-15-9-14-22(32)18-10-6-5-7-11-18)31-17(2)23(27(33)35-3)24(25)19-12-8-13-20(29)26(19)30/h5-8,10-13,22-24,32H,4,15-16H2,1-3H3. The molecule has 0 saturated heterocycles. The van der Waals surface area contributed by atoms with Crippen molar-refractivity contribution in [3.05, 3.63) is 81.0 Å². The Kier molecular flexibility index (Phi) is 10.3. The second-order valence-corrected chi connectivity index (χ2v) is 8.87. The summed E-state index contributed by atoms with van der Waals surface area (Å²) in [5, 5.41) is 10.7. The maximum Gasteiger partial charge on any atom is 0.336 e. The first kappa shape index (κ1) is 28.4. The molecule has 1 aliphatic heterocycles. The van der Waals surface area contributed by atoms with Crippen molar-refractivity contribution in [1.82, 2.24) is 0 Å². The van der Waals surface area contributed by atoms with Crippen molar-refractivity contribution in [3.63, 3.8) is 0 Å². The van der Waals surface area contributed by atoms with Crippen LogP contribution in [0.25, 0.3) is 0 Å². The van der Waals surface area contributed by atoms with Gasteiger partial charge in [-0.05, 0) is 31.0 Å². The minimum absolute atomic E-state index is 0.0267. The molecule has 194 valence electrons. The highest BCUT2D eigenvalue weighted by molar-refractivity contribution is 6.42. The highest BCUT2D eigenvalue weighted by atomic mass is 35.5. The van der Waals surface area contributed by atoms with Gasteiger partial charge in [0.1, 0.15) is 18.6 Å². The summed E-state index contributed by atoms with van der Waals surface area (Å²) in [5.74, 6) is 2.48. The summed E-state index contributed by atoms with van der Waals surface area (Å²) in [4.78, 5) is 30.6. The van der Waals surface area contributed by atoms with E-state index in [9.17, 15) is 14.7 Å². The Bertz CT molecular complexity index is 1260. The van der Waals surface area contributed by atoms with Crippen molar-refractivity contribution >= 4 is 40.9 Å². The predicted molar refractivity (Wildman–Crippen MR) is 141 cm³/mol. The summed E-state index contributed by atoms with van der Waals surface area (Å²) >= 11 is 12.8. The van der Waals surface area contributed by atoms with E-state index < -0.39 is 29.9 Å². The highest BCUT2D eigenvalue weighted by Crippen LogP contribution is 2.44. The van der Waals surface area contributed by atoms with E-state index in [2.05, 4.69) is 16.8 Å². The number of aliphatic hydroxyl groups excluding tert-OH is 1. The zero-order chi connectivity index (χ0) is 26.9. The Morgan fingerprint density at radius 1 is 1.14 bits per heavy atom. The lowest BCUT2D eigenvalue weighted by molar-refractivity contribution is -0.144. The number of hydrogen-bond acceptors (Lipinski definition) is 7. The average Bonchev–Trinajstić information content (AvgIpc) is 2.89. The van der Waals surface area contributed by atoms with Crippen molar-refractivity contribution in [3.8, 4) is 11.8 Å². The minimum Gasteiger partial charge on any atom is -0.468 e. The lowest BCUT2D eigenvalue weighted by Gasteiger charge is -2.32. The van der Waals surface area contributed by atoms with Crippen LogP contribution in [-0.4, -0.2) is 49.7 Å². The van der Waals surface area contributed by atoms with Crippen LogP contribution in [-0.2, 0) is 23.8 Å². The van der Waals surface area contributed by atoms with E-state index in [0.717, 1.165) is 0 Å². The number of carbonyl (C=O) groups excluding carboxylic acids is 2. The third-order valence-corrected chi connectivity index (χ3v) is 6.58. The van der Waals surface area contributed by atoms with Gasteiger partial charge in [0.05, 0.1) is 41.6 Å². The van der Waals surface area contributed by atoms with Gasteiger partial charge < -0.3 is 19.3 Å². The van der Waals surface area contributed by atoms with Gasteiger partial charge in [0, 0.05) is 11.6 Å². The zero-order valence-electron chi connectivity index (χ0n) is 20.7. The first-order valence-corrected chi connectivity index (χ1v) is 12.3. The summed E-state index contributed by atoms with van der Waals surface area (Å²) in [6.45, 7) is 3.34. The Balaban J connectivity index is 1.96. The molecule has 1 N–H and O–H groups in total. The highest BCUT2D eigenvalue weighted by Gasteiger charge is 2.44. The van der Waals surface area contributed by atoms with Crippen LogP contribution in [0, 0.1) is 17.8 Å².